The molecule has 8 heteroatoms. The third kappa shape index (κ3) is 3.52. The van der Waals surface area contributed by atoms with Crippen LogP contribution in [0.4, 0.5) is 10.5 Å². The number of primary amides is 1. The van der Waals surface area contributed by atoms with Crippen molar-refractivity contribution in [1.82, 2.24) is 4.90 Å². The zero-order valence-corrected chi connectivity index (χ0v) is 12.6. The largest absolute Gasteiger partial charge is 0.478 e. The SMILES string of the molecule is NC(=O)C1CCN(C(=O)Nc2ccc(C(=O)O)cc2Br)C1. The van der Waals surface area contributed by atoms with Gasteiger partial charge in [0.1, 0.15) is 0 Å². The molecule has 1 saturated heterocycles. The van der Waals surface area contributed by atoms with Crippen LogP contribution in [-0.2, 0) is 4.79 Å². The average molecular weight is 356 g/mol. The second-order valence-electron chi connectivity index (χ2n) is 4.76. The van der Waals surface area contributed by atoms with Crippen molar-refractivity contribution in [2.24, 2.45) is 11.7 Å². The van der Waals surface area contributed by atoms with Crippen molar-refractivity contribution in [2.75, 3.05) is 18.4 Å². The van der Waals surface area contributed by atoms with Crippen LogP contribution >= 0.6 is 15.9 Å². The first-order valence-corrected chi connectivity index (χ1v) is 7.06. The fourth-order valence-corrected chi connectivity index (χ4v) is 2.60. The highest BCUT2D eigenvalue weighted by Gasteiger charge is 2.29. The third-order valence-electron chi connectivity index (χ3n) is 3.34. The Bertz CT molecular complexity index is 605. The summed E-state index contributed by atoms with van der Waals surface area (Å²) < 4.78 is 0.474. The first-order valence-electron chi connectivity index (χ1n) is 6.26. The molecule has 1 aliphatic rings. The maximum atomic E-state index is 12.1. The summed E-state index contributed by atoms with van der Waals surface area (Å²) >= 11 is 3.22. The molecule has 0 radical (unpaired) electrons. The van der Waals surface area contributed by atoms with Crippen LogP contribution in [0, 0.1) is 5.92 Å². The molecule has 3 amide bonds. The van der Waals surface area contributed by atoms with Gasteiger partial charge in [0.15, 0.2) is 0 Å². The Morgan fingerprint density at radius 1 is 1.38 bits per heavy atom. The fraction of sp³-hybridized carbons (Fsp3) is 0.308. The molecule has 7 nitrogen and oxygen atoms in total. The van der Waals surface area contributed by atoms with Crippen LogP contribution in [0.15, 0.2) is 22.7 Å². The first-order chi connectivity index (χ1) is 9.88. The Hall–Kier alpha value is -2.09. The molecule has 0 aliphatic carbocycles. The predicted molar refractivity (Wildman–Crippen MR) is 79.0 cm³/mol. The molecular weight excluding hydrogens is 342 g/mol. The first kappa shape index (κ1) is 15.3. The summed E-state index contributed by atoms with van der Waals surface area (Å²) in [5.41, 5.74) is 5.81. The summed E-state index contributed by atoms with van der Waals surface area (Å²) in [6.45, 7) is 0.760. The molecular formula is C13H14BrN3O4. The Labute approximate surface area is 129 Å². The number of nitrogens with zero attached hydrogens (tertiary/aromatic N) is 1. The van der Waals surface area contributed by atoms with Gasteiger partial charge in [-0.1, -0.05) is 0 Å². The number of nitrogens with one attached hydrogen (secondary N) is 1. The Kier molecular flexibility index (Phi) is 4.46. The number of urea groups is 1. The number of carboxylic acid groups (broad SMARTS) is 1. The second kappa shape index (κ2) is 6.13. The summed E-state index contributed by atoms with van der Waals surface area (Å²) in [6.07, 6.45) is 0.557. The van der Waals surface area contributed by atoms with Crippen LogP contribution in [0.2, 0.25) is 0 Å². The molecule has 2 rings (SSSR count). The van der Waals surface area contributed by atoms with Crippen molar-refractivity contribution < 1.29 is 19.5 Å². The quantitative estimate of drug-likeness (QED) is 0.761. The smallest absolute Gasteiger partial charge is 0.335 e. The van der Waals surface area contributed by atoms with Gasteiger partial charge in [-0.05, 0) is 40.5 Å². The molecule has 1 heterocycles. The van der Waals surface area contributed by atoms with E-state index in [1.807, 2.05) is 0 Å². The number of anilines is 1. The van der Waals surface area contributed by atoms with Gasteiger partial charge in [0.2, 0.25) is 5.91 Å². The van der Waals surface area contributed by atoms with E-state index in [1.54, 1.807) is 0 Å². The van der Waals surface area contributed by atoms with E-state index in [9.17, 15) is 14.4 Å². The Morgan fingerprint density at radius 2 is 2.10 bits per heavy atom. The Balaban J connectivity index is 2.03. The maximum absolute atomic E-state index is 12.1. The van der Waals surface area contributed by atoms with Gasteiger partial charge in [-0.15, -0.1) is 0 Å². The van der Waals surface area contributed by atoms with Crippen molar-refractivity contribution in [3.63, 3.8) is 0 Å². The van der Waals surface area contributed by atoms with Crippen LogP contribution in [0.5, 0.6) is 0 Å². The number of amides is 3. The van der Waals surface area contributed by atoms with Gasteiger partial charge < -0.3 is 21.1 Å². The highest BCUT2D eigenvalue weighted by atomic mass is 79.9. The summed E-state index contributed by atoms with van der Waals surface area (Å²) in [5.74, 6) is -1.76. The monoisotopic (exact) mass is 355 g/mol. The van der Waals surface area contributed by atoms with Crippen LogP contribution in [-0.4, -0.2) is 41.0 Å². The summed E-state index contributed by atoms with van der Waals surface area (Å²) in [4.78, 5) is 35.5. The predicted octanol–water partition coefficient (Wildman–Crippen LogP) is 1.49. The van der Waals surface area contributed by atoms with Crippen LogP contribution in [0.25, 0.3) is 0 Å². The van der Waals surface area contributed by atoms with Crippen molar-refractivity contribution in [3.05, 3.63) is 28.2 Å². The molecule has 1 aromatic carbocycles. The van der Waals surface area contributed by atoms with Crippen molar-refractivity contribution >= 4 is 39.5 Å². The minimum absolute atomic E-state index is 0.120. The lowest BCUT2D eigenvalue weighted by Crippen LogP contribution is -2.34. The zero-order chi connectivity index (χ0) is 15.6. The van der Waals surface area contributed by atoms with E-state index in [0.717, 1.165) is 0 Å². The zero-order valence-electron chi connectivity index (χ0n) is 11.0. The molecule has 0 bridgehead atoms. The van der Waals surface area contributed by atoms with Crippen molar-refractivity contribution in [2.45, 2.75) is 6.42 Å². The van der Waals surface area contributed by atoms with Crippen LogP contribution in [0.3, 0.4) is 0 Å². The summed E-state index contributed by atoms with van der Waals surface area (Å²) in [6, 6.07) is 3.97. The molecule has 0 saturated carbocycles. The minimum Gasteiger partial charge on any atom is -0.478 e. The lowest BCUT2D eigenvalue weighted by molar-refractivity contribution is -0.121. The van der Waals surface area contributed by atoms with Gasteiger partial charge >= 0.3 is 12.0 Å². The van der Waals surface area contributed by atoms with Gasteiger partial charge in [-0.3, -0.25) is 4.79 Å². The minimum atomic E-state index is -1.04. The van der Waals surface area contributed by atoms with Crippen molar-refractivity contribution in [3.8, 4) is 0 Å². The molecule has 1 aromatic rings. The number of carbonyl (C=O) groups excluding carboxylic acids is 2. The van der Waals surface area contributed by atoms with Gasteiger partial charge in [0.05, 0.1) is 17.2 Å². The van der Waals surface area contributed by atoms with E-state index < -0.39 is 11.9 Å². The number of hydrogen-bond donors (Lipinski definition) is 3. The molecule has 1 atom stereocenters. The van der Waals surface area contributed by atoms with E-state index in [2.05, 4.69) is 21.2 Å². The number of halogens is 1. The maximum Gasteiger partial charge on any atom is 0.335 e. The van der Waals surface area contributed by atoms with E-state index in [0.29, 0.717) is 29.7 Å². The normalized spacial score (nSPS) is 17.6. The molecule has 0 spiro atoms. The van der Waals surface area contributed by atoms with Gasteiger partial charge in [0.25, 0.3) is 0 Å². The van der Waals surface area contributed by atoms with Crippen molar-refractivity contribution in [1.29, 1.82) is 0 Å². The van der Waals surface area contributed by atoms with Gasteiger partial charge in [-0.25, -0.2) is 9.59 Å². The number of carboxylic acids is 1. The highest BCUT2D eigenvalue weighted by Crippen LogP contribution is 2.25. The molecule has 0 aromatic heterocycles. The lowest BCUT2D eigenvalue weighted by atomic mass is 10.1. The molecule has 21 heavy (non-hydrogen) atoms. The summed E-state index contributed by atoms with van der Waals surface area (Å²) in [7, 11) is 0. The van der Waals surface area contributed by atoms with Gasteiger partial charge in [-0.2, -0.15) is 0 Å². The number of benzene rings is 1. The lowest BCUT2D eigenvalue weighted by Gasteiger charge is -2.17. The summed E-state index contributed by atoms with van der Waals surface area (Å²) in [5, 5.41) is 11.5. The Morgan fingerprint density at radius 3 is 2.62 bits per heavy atom. The second-order valence-corrected chi connectivity index (χ2v) is 5.62. The highest BCUT2D eigenvalue weighted by molar-refractivity contribution is 9.10. The molecule has 1 aliphatic heterocycles. The number of rotatable bonds is 3. The standard InChI is InChI=1S/C13H14BrN3O4/c14-9-5-7(12(19)20)1-2-10(9)16-13(21)17-4-3-8(6-17)11(15)18/h1-2,5,8H,3-4,6H2,(H2,15,18)(H,16,21)(H,19,20). The molecule has 1 fully saturated rings. The van der Waals surface area contributed by atoms with E-state index in [4.69, 9.17) is 10.8 Å². The van der Waals surface area contributed by atoms with E-state index in [1.165, 1.54) is 23.1 Å². The van der Waals surface area contributed by atoms with Crippen LogP contribution < -0.4 is 11.1 Å². The number of aromatic carboxylic acids is 1. The fourth-order valence-electron chi connectivity index (χ4n) is 2.12. The third-order valence-corrected chi connectivity index (χ3v) is 3.99. The molecule has 4 N–H and O–H groups in total. The number of hydrogen-bond acceptors (Lipinski definition) is 3. The molecule has 1 unspecified atom stereocenters. The number of likely N-dealkylation sites (tertiary alicyclic amines) is 1. The molecule has 112 valence electrons. The van der Waals surface area contributed by atoms with Crippen LogP contribution in [0.1, 0.15) is 16.8 Å². The van der Waals surface area contributed by atoms with E-state index >= 15 is 0 Å². The number of carbonyl (C=O) groups is 3. The number of nitrogens with two attached hydrogens (primary N) is 1. The van der Waals surface area contributed by atoms with Gasteiger partial charge in [0, 0.05) is 17.6 Å². The topological polar surface area (TPSA) is 113 Å². The average Bonchev–Trinajstić information content (AvgIpc) is 2.90. The van der Waals surface area contributed by atoms with E-state index in [-0.39, 0.29) is 17.5 Å².